The molecule has 0 saturated carbocycles. The van der Waals surface area contributed by atoms with E-state index < -0.39 is 0 Å². The maximum absolute atomic E-state index is 13.3. The second-order valence-electron chi connectivity index (χ2n) is 7.83. The molecule has 0 spiro atoms. The molecule has 31 heavy (non-hydrogen) atoms. The minimum atomic E-state index is -0.357. The van der Waals surface area contributed by atoms with Gasteiger partial charge in [0.15, 0.2) is 5.76 Å². The molecule has 0 bridgehead atoms. The average molecular weight is 436 g/mol. The van der Waals surface area contributed by atoms with Gasteiger partial charge in [0.2, 0.25) is 5.91 Å². The number of aromatic nitrogens is 1. The number of rotatable bonds is 5. The van der Waals surface area contributed by atoms with Crippen LogP contribution in [0, 0.1) is 5.82 Å². The Hall–Kier alpha value is -3.03. The fourth-order valence-electron chi connectivity index (χ4n) is 4.00. The Morgan fingerprint density at radius 1 is 1.16 bits per heavy atom. The summed E-state index contributed by atoms with van der Waals surface area (Å²) < 4.78 is 19.2. The van der Waals surface area contributed by atoms with Gasteiger partial charge < -0.3 is 9.73 Å². The number of thiazole rings is 1. The number of halogens is 1. The van der Waals surface area contributed by atoms with Crippen LogP contribution in [0.2, 0.25) is 0 Å². The van der Waals surface area contributed by atoms with Gasteiger partial charge >= 0.3 is 0 Å². The number of hydrogen-bond donors (Lipinski definition) is 1. The van der Waals surface area contributed by atoms with Crippen molar-refractivity contribution in [2.24, 2.45) is 0 Å². The SMILES string of the molecule is O=C(CN1CCC(c2nc(-c3cc4ccccc4o3)cs2)CC1)Nc1cccc(F)c1. The first-order valence-corrected chi connectivity index (χ1v) is 11.2. The molecular weight excluding hydrogens is 413 g/mol. The molecule has 0 atom stereocenters. The average Bonchev–Trinajstić information content (AvgIpc) is 3.41. The van der Waals surface area contributed by atoms with Gasteiger partial charge in [0.1, 0.15) is 17.1 Å². The molecule has 5 rings (SSSR count). The quantitative estimate of drug-likeness (QED) is 0.449. The molecule has 1 amide bonds. The van der Waals surface area contributed by atoms with Crippen molar-refractivity contribution in [1.82, 2.24) is 9.88 Å². The summed E-state index contributed by atoms with van der Waals surface area (Å²) in [7, 11) is 0. The van der Waals surface area contributed by atoms with E-state index in [1.807, 2.05) is 30.3 Å². The van der Waals surface area contributed by atoms with E-state index in [1.165, 1.54) is 12.1 Å². The van der Waals surface area contributed by atoms with Crippen LogP contribution < -0.4 is 5.32 Å². The molecular formula is C24H22FN3O2S. The Balaban J connectivity index is 1.17. The van der Waals surface area contributed by atoms with Crippen LogP contribution in [0.3, 0.4) is 0 Å². The normalized spacial score (nSPS) is 15.4. The lowest BCUT2D eigenvalue weighted by Gasteiger charge is -2.30. The van der Waals surface area contributed by atoms with Gasteiger partial charge in [-0.25, -0.2) is 9.37 Å². The Kier molecular flexibility index (Phi) is 5.53. The second-order valence-corrected chi connectivity index (χ2v) is 8.72. The molecule has 1 aliphatic heterocycles. The van der Waals surface area contributed by atoms with Crippen molar-refractivity contribution in [2.45, 2.75) is 18.8 Å². The maximum atomic E-state index is 13.3. The molecule has 3 heterocycles. The van der Waals surface area contributed by atoms with Gasteiger partial charge in [0.25, 0.3) is 0 Å². The highest BCUT2D eigenvalue weighted by Gasteiger charge is 2.24. The van der Waals surface area contributed by atoms with Crippen LogP contribution in [0.15, 0.2) is 64.4 Å². The molecule has 7 heteroatoms. The molecule has 0 radical (unpaired) electrons. The topological polar surface area (TPSA) is 58.4 Å². The number of nitrogens with zero attached hydrogens (tertiary/aromatic N) is 2. The predicted octanol–water partition coefficient (Wildman–Crippen LogP) is 5.51. The minimum Gasteiger partial charge on any atom is -0.454 e. The Morgan fingerprint density at radius 2 is 2.00 bits per heavy atom. The number of piperidine rings is 1. The number of para-hydroxylation sites is 1. The number of furan rings is 1. The van der Waals surface area contributed by atoms with Gasteiger partial charge in [-0.3, -0.25) is 9.69 Å². The molecule has 1 fully saturated rings. The smallest absolute Gasteiger partial charge is 0.238 e. The van der Waals surface area contributed by atoms with E-state index in [9.17, 15) is 9.18 Å². The van der Waals surface area contributed by atoms with Crippen LogP contribution >= 0.6 is 11.3 Å². The number of carbonyl (C=O) groups excluding carboxylic acids is 1. The van der Waals surface area contributed by atoms with Gasteiger partial charge in [0.05, 0.1) is 11.6 Å². The molecule has 4 aromatic rings. The number of likely N-dealkylation sites (tertiary alicyclic amines) is 1. The lowest BCUT2D eigenvalue weighted by molar-refractivity contribution is -0.117. The van der Waals surface area contributed by atoms with Crippen molar-refractivity contribution in [3.8, 4) is 11.5 Å². The summed E-state index contributed by atoms with van der Waals surface area (Å²) in [6, 6.07) is 16.0. The molecule has 5 nitrogen and oxygen atoms in total. The van der Waals surface area contributed by atoms with Crippen LogP contribution in [0.1, 0.15) is 23.8 Å². The summed E-state index contributed by atoms with van der Waals surface area (Å²) in [4.78, 5) is 19.3. The molecule has 1 N–H and O–H groups in total. The predicted molar refractivity (Wildman–Crippen MR) is 121 cm³/mol. The first kappa shape index (κ1) is 19.9. The minimum absolute atomic E-state index is 0.120. The van der Waals surface area contributed by atoms with E-state index >= 15 is 0 Å². The highest BCUT2D eigenvalue weighted by atomic mass is 32.1. The lowest BCUT2D eigenvalue weighted by atomic mass is 9.97. The van der Waals surface area contributed by atoms with Gasteiger partial charge in [-0.2, -0.15) is 0 Å². The number of benzene rings is 2. The van der Waals surface area contributed by atoms with Crippen molar-refractivity contribution in [1.29, 1.82) is 0 Å². The van der Waals surface area contributed by atoms with Gasteiger partial charge in [0, 0.05) is 22.4 Å². The highest BCUT2D eigenvalue weighted by Crippen LogP contribution is 2.34. The van der Waals surface area contributed by atoms with Crippen molar-refractivity contribution in [3.63, 3.8) is 0 Å². The van der Waals surface area contributed by atoms with E-state index in [1.54, 1.807) is 23.5 Å². The first-order chi connectivity index (χ1) is 15.1. The third-order valence-corrected chi connectivity index (χ3v) is 6.62. The van der Waals surface area contributed by atoms with E-state index in [0.717, 1.165) is 53.4 Å². The van der Waals surface area contributed by atoms with Crippen LogP contribution in [-0.4, -0.2) is 35.4 Å². The Labute approximate surface area is 183 Å². The number of anilines is 1. The Morgan fingerprint density at radius 3 is 2.81 bits per heavy atom. The second kappa shape index (κ2) is 8.61. The summed E-state index contributed by atoms with van der Waals surface area (Å²) in [6.45, 7) is 1.98. The zero-order chi connectivity index (χ0) is 21.2. The van der Waals surface area contributed by atoms with Crippen molar-refractivity contribution in [3.05, 3.63) is 70.8 Å². The number of nitrogens with one attached hydrogen (secondary N) is 1. The first-order valence-electron chi connectivity index (χ1n) is 10.4. The zero-order valence-electron chi connectivity index (χ0n) is 16.9. The third kappa shape index (κ3) is 4.52. The number of fused-ring (bicyclic) bond motifs is 1. The largest absolute Gasteiger partial charge is 0.454 e. The maximum Gasteiger partial charge on any atom is 0.238 e. The Bertz CT molecular complexity index is 1180. The molecule has 0 unspecified atom stereocenters. The van der Waals surface area contributed by atoms with Crippen LogP contribution in [-0.2, 0) is 4.79 Å². The summed E-state index contributed by atoms with van der Waals surface area (Å²) in [5.41, 5.74) is 2.24. The van der Waals surface area contributed by atoms with Crippen molar-refractivity contribution >= 4 is 33.9 Å². The van der Waals surface area contributed by atoms with Crippen LogP contribution in [0.5, 0.6) is 0 Å². The summed E-state index contributed by atoms with van der Waals surface area (Å²) >= 11 is 1.67. The number of carbonyl (C=O) groups is 1. The van der Waals surface area contributed by atoms with Gasteiger partial charge in [-0.05, 0) is 56.3 Å². The molecule has 1 aliphatic rings. The summed E-state index contributed by atoms with van der Waals surface area (Å²) in [5, 5.41) is 7.03. The van der Waals surface area contributed by atoms with Gasteiger partial charge in [-0.15, -0.1) is 11.3 Å². The molecule has 2 aromatic carbocycles. The highest BCUT2D eigenvalue weighted by molar-refractivity contribution is 7.10. The molecule has 158 valence electrons. The summed E-state index contributed by atoms with van der Waals surface area (Å²) in [5.74, 6) is 0.718. The monoisotopic (exact) mass is 435 g/mol. The molecule has 1 saturated heterocycles. The number of amides is 1. The number of hydrogen-bond acceptors (Lipinski definition) is 5. The molecule has 2 aromatic heterocycles. The van der Waals surface area contributed by atoms with Crippen LogP contribution in [0.4, 0.5) is 10.1 Å². The molecule has 0 aliphatic carbocycles. The van der Waals surface area contributed by atoms with E-state index in [2.05, 4.69) is 15.6 Å². The fraction of sp³-hybridized carbons (Fsp3) is 0.250. The fourth-order valence-corrected chi connectivity index (χ4v) is 4.98. The zero-order valence-corrected chi connectivity index (χ0v) is 17.7. The van der Waals surface area contributed by atoms with E-state index in [0.29, 0.717) is 18.2 Å². The van der Waals surface area contributed by atoms with Crippen LogP contribution in [0.25, 0.3) is 22.4 Å². The van der Waals surface area contributed by atoms with Crippen molar-refractivity contribution < 1.29 is 13.6 Å². The van der Waals surface area contributed by atoms with Crippen molar-refractivity contribution in [2.75, 3.05) is 25.0 Å². The van der Waals surface area contributed by atoms with E-state index in [-0.39, 0.29) is 11.7 Å². The third-order valence-electron chi connectivity index (χ3n) is 5.61. The van der Waals surface area contributed by atoms with E-state index in [4.69, 9.17) is 9.40 Å². The lowest BCUT2D eigenvalue weighted by Crippen LogP contribution is -2.38. The standard InChI is InChI=1S/C24H22FN3O2S/c25-18-5-3-6-19(13-18)26-23(29)14-28-10-8-16(9-11-28)24-27-20(15-31-24)22-12-17-4-1-2-7-21(17)30-22/h1-7,12-13,15-16H,8-11,14H2,(H,26,29). The summed E-state index contributed by atoms with van der Waals surface area (Å²) in [6.07, 6.45) is 1.92. The van der Waals surface area contributed by atoms with Gasteiger partial charge in [-0.1, -0.05) is 24.3 Å².